The predicted octanol–water partition coefficient (Wildman–Crippen LogP) is 10.4. The van der Waals surface area contributed by atoms with Crippen molar-refractivity contribution in [1.82, 2.24) is 0 Å². The third kappa shape index (κ3) is 15.2. The van der Waals surface area contributed by atoms with Crippen molar-refractivity contribution in [2.24, 2.45) is 0 Å². The molecule has 1 rings (SSSR count). The number of aromatic hydroxyl groups is 1. The van der Waals surface area contributed by atoms with Gasteiger partial charge in [-0.1, -0.05) is 124 Å². The van der Waals surface area contributed by atoms with Gasteiger partial charge in [0.25, 0.3) is 0 Å². The molecule has 5 heteroatoms. The Bertz CT molecular complexity index is 716. The SMILES string of the molecule is CCCCCCCCCc1cc(OC(=O)O)c(O)c(OCCCCCCC)c1CCCCCCCCC. The second-order valence-corrected chi connectivity index (χ2v) is 10.6. The van der Waals surface area contributed by atoms with Gasteiger partial charge in [0, 0.05) is 5.56 Å². The van der Waals surface area contributed by atoms with Crippen LogP contribution in [-0.2, 0) is 12.8 Å². The number of carboxylic acid groups (broad SMARTS) is 1. The molecule has 37 heavy (non-hydrogen) atoms. The molecular weight excluding hydrogens is 464 g/mol. The van der Waals surface area contributed by atoms with Crippen LogP contribution in [0.2, 0.25) is 0 Å². The zero-order chi connectivity index (χ0) is 27.1. The zero-order valence-electron chi connectivity index (χ0n) is 24.3. The first kappa shape index (κ1) is 33.1. The summed E-state index contributed by atoms with van der Waals surface area (Å²) in [6, 6.07) is 1.74. The Labute approximate surface area is 227 Å². The van der Waals surface area contributed by atoms with Crippen molar-refractivity contribution >= 4 is 6.16 Å². The second kappa shape index (κ2) is 22.1. The van der Waals surface area contributed by atoms with Gasteiger partial charge in [-0.05, 0) is 43.7 Å². The Balaban J connectivity index is 2.96. The van der Waals surface area contributed by atoms with Crippen molar-refractivity contribution in [3.05, 3.63) is 17.2 Å². The third-order valence-corrected chi connectivity index (χ3v) is 7.19. The summed E-state index contributed by atoms with van der Waals surface area (Å²) in [5.41, 5.74) is 2.11. The largest absolute Gasteiger partial charge is 0.511 e. The molecule has 0 spiro atoms. The number of phenolic OH excluding ortho intramolecular Hbond substituents is 1. The zero-order valence-corrected chi connectivity index (χ0v) is 24.3. The summed E-state index contributed by atoms with van der Waals surface area (Å²) in [5.74, 6) is 0.269. The fraction of sp³-hybridized carbons (Fsp3) is 0.781. The van der Waals surface area contributed by atoms with E-state index in [4.69, 9.17) is 9.47 Å². The lowest BCUT2D eigenvalue weighted by molar-refractivity contribution is 0.142. The maximum atomic E-state index is 11.3. The first-order valence-corrected chi connectivity index (χ1v) is 15.5. The van der Waals surface area contributed by atoms with Gasteiger partial charge in [0.2, 0.25) is 5.75 Å². The van der Waals surface area contributed by atoms with Crippen LogP contribution in [0.15, 0.2) is 6.07 Å². The van der Waals surface area contributed by atoms with Crippen molar-refractivity contribution in [1.29, 1.82) is 0 Å². The van der Waals surface area contributed by atoms with Crippen molar-refractivity contribution in [3.8, 4) is 17.2 Å². The summed E-state index contributed by atoms with van der Waals surface area (Å²) >= 11 is 0. The number of phenols is 1. The van der Waals surface area contributed by atoms with Gasteiger partial charge in [-0.2, -0.15) is 0 Å². The third-order valence-electron chi connectivity index (χ3n) is 7.19. The molecule has 0 heterocycles. The first-order valence-electron chi connectivity index (χ1n) is 15.5. The number of rotatable bonds is 24. The number of hydrogen-bond donors (Lipinski definition) is 2. The van der Waals surface area contributed by atoms with Crippen LogP contribution in [0.25, 0.3) is 0 Å². The summed E-state index contributed by atoms with van der Waals surface area (Å²) in [6.07, 6.45) is 23.0. The second-order valence-electron chi connectivity index (χ2n) is 10.6. The van der Waals surface area contributed by atoms with Crippen LogP contribution in [0, 0.1) is 0 Å². The van der Waals surface area contributed by atoms with Crippen LogP contribution >= 0.6 is 0 Å². The molecule has 0 aliphatic heterocycles. The van der Waals surface area contributed by atoms with Crippen molar-refractivity contribution in [3.63, 3.8) is 0 Å². The smallest absolute Gasteiger partial charge is 0.502 e. The maximum absolute atomic E-state index is 11.3. The van der Waals surface area contributed by atoms with Gasteiger partial charge >= 0.3 is 6.16 Å². The number of ether oxygens (including phenoxy) is 2. The van der Waals surface area contributed by atoms with Gasteiger partial charge in [-0.3, -0.25) is 0 Å². The predicted molar refractivity (Wildman–Crippen MR) is 154 cm³/mol. The van der Waals surface area contributed by atoms with Gasteiger partial charge in [0.15, 0.2) is 11.5 Å². The first-order chi connectivity index (χ1) is 18.0. The summed E-state index contributed by atoms with van der Waals surface area (Å²) < 4.78 is 11.1. The van der Waals surface area contributed by atoms with Gasteiger partial charge in [0.05, 0.1) is 6.61 Å². The van der Waals surface area contributed by atoms with E-state index < -0.39 is 6.16 Å². The molecule has 0 bridgehead atoms. The van der Waals surface area contributed by atoms with E-state index in [1.54, 1.807) is 6.07 Å². The quantitative estimate of drug-likeness (QED) is 0.0805. The van der Waals surface area contributed by atoms with Crippen molar-refractivity contribution < 1.29 is 24.5 Å². The average molecular weight is 521 g/mol. The van der Waals surface area contributed by atoms with Crippen molar-refractivity contribution in [2.75, 3.05) is 6.61 Å². The minimum Gasteiger partial charge on any atom is -0.502 e. The molecule has 0 saturated heterocycles. The Morgan fingerprint density at radius 2 is 1.14 bits per heavy atom. The van der Waals surface area contributed by atoms with E-state index >= 15 is 0 Å². The molecule has 0 amide bonds. The summed E-state index contributed by atoms with van der Waals surface area (Å²) in [4.78, 5) is 11.3. The van der Waals surface area contributed by atoms with Gasteiger partial charge in [-0.15, -0.1) is 0 Å². The number of hydrogen-bond acceptors (Lipinski definition) is 4. The van der Waals surface area contributed by atoms with Gasteiger partial charge in [0.1, 0.15) is 0 Å². The fourth-order valence-corrected chi connectivity index (χ4v) is 4.95. The van der Waals surface area contributed by atoms with E-state index in [2.05, 4.69) is 20.8 Å². The summed E-state index contributed by atoms with van der Waals surface area (Å²) in [6.45, 7) is 7.20. The Morgan fingerprint density at radius 1 is 0.676 bits per heavy atom. The molecule has 0 atom stereocenters. The highest BCUT2D eigenvalue weighted by Gasteiger charge is 2.21. The monoisotopic (exact) mass is 520 g/mol. The lowest BCUT2D eigenvalue weighted by Gasteiger charge is -2.19. The summed E-state index contributed by atoms with van der Waals surface area (Å²) in [5, 5.41) is 20.2. The van der Waals surface area contributed by atoms with Crippen molar-refractivity contribution in [2.45, 2.75) is 156 Å². The highest BCUT2D eigenvalue weighted by molar-refractivity contribution is 5.67. The lowest BCUT2D eigenvalue weighted by atomic mass is 9.94. The van der Waals surface area contributed by atoms with E-state index in [-0.39, 0.29) is 11.5 Å². The number of carbonyl (C=O) groups is 1. The van der Waals surface area contributed by atoms with Crippen LogP contribution in [0.4, 0.5) is 4.79 Å². The molecule has 1 aromatic rings. The molecule has 0 radical (unpaired) electrons. The molecule has 0 saturated carbocycles. The van der Waals surface area contributed by atoms with E-state index in [0.29, 0.717) is 12.4 Å². The fourth-order valence-electron chi connectivity index (χ4n) is 4.95. The van der Waals surface area contributed by atoms with Crippen LogP contribution in [0.3, 0.4) is 0 Å². The Hall–Kier alpha value is -1.91. The van der Waals surface area contributed by atoms with E-state index in [1.807, 2.05) is 0 Å². The van der Waals surface area contributed by atoms with Crippen LogP contribution in [0.5, 0.6) is 17.2 Å². The molecule has 0 unspecified atom stereocenters. The topological polar surface area (TPSA) is 76.0 Å². The average Bonchev–Trinajstić information content (AvgIpc) is 2.88. The molecule has 214 valence electrons. The molecule has 2 N–H and O–H groups in total. The number of benzene rings is 1. The normalized spacial score (nSPS) is 11.1. The molecule has 0 aliphatic rings. The minimum atomic E-state index is -1.41. The molecule has 0 aliphatic carbocycles. The summed E-state index contributed by atoms with van der Waals surface area (Å²) in [7, 11) is 0. The minimum absolute atomic E-state index is 0.00487. The Morgan fingerprint density at radius 3 is 1.65 bits per heavy atom. The van der Waals surface area contributed by atoms with Gasteiger partial charge < -0.3 is 19.7 Å². The highest BCUT2D eigenvalue weighted by Crippen LogP contribution is 2.43. The number of aryl methyl sites for hydroxylation is 1. The van der Waals surface area contributed by atoms with Gasteiger partial charge in [-0.25, -0.2) is 4.79 Å². The standard InChI is InChI=1S/C32H56O5/c1-4-7-10-13-15-17-20-23-27-26-29(37-32(34)35)30(33)31(36-25-22-19-12-9-6-3)28(27)24-21-18-16-14-11-8-5-2/h26,33H,4-25H2,1-3H3,(H,34,35). The maximum Gasteiger partial charge on any atom is 0.511 e. The molecule has 5 nitrogen and oxygen atoms in total. The van der Waals surface area contributed by atoms with E-state index in [9.17, 15) is 15.0 Å². The molecular formula is C32H56O5. The van der Waals surface area contributed by atoms with E-state index in [1.165, 1.54) is 83.5 Å². The number of unbranched alkanes of at least 4 members (excludes halogenated alkanes) is 16. The molecule has 0 aromatic heterocycles. The molecule has 0 fully saturated rings. The highest BCUT2D eigenvalue weighted by atomic mass is 16.7. The van der Waals surface area contributed by atoms with E-state index in [0.717, 1.165) is 62.5 Å². The van der Waals surface area contributed by atoms with Crippen LogP contribution in [0.1, 0.15) is 154 Å². The van der Waals surface area contributed by atoms with Crippen LogP contribution < -0.4 is 9.47 Å². The van der Waals surface area contributed by atoms with Crippen LogP contribution in [-0.4, -0.2) is 23.0 Å². The lowest BCUT2D eigenvalue weighted by Crippen LogP contribution is -2.08. The molecule has 1 aromatic carbocycles. The Kier molecular flexibility index (Phi) is 19.8.